The minimum atomic E-state index is -0.461. The number of ether oxygens (including phenoxy) is 1. The first-order valence-corrected chi connectivity index (χ1v) is 7.11. The second-order valence-electron chi connectivity index (χ2n) is 4.49. The molecule has 0 spiro atoms. The summed E-state index contributed by atoms with van der Waals surface area (Å²) in [6.07, 6.45) is 5.98. The summed E-state index contributed by atoms with van der Waals surface area (Å²) < 4.78 is 6.24. The first-order valence-electron chi connectivity index (χ1n) is 6.32. The molecule has 2 heterocycles. The minimum absolute atomic E-state index is 0.0203. The lowest BCUT2D eigenvalue weighted by Crippen LogP contribution is -2.22. The van der Waals surface area contributed by atoms with Crippen LogP contribution >= 0.6 is 15.9 Å². The van der Waals surface area contributed by atoms with Gasteiger partial charge in [0.05, 0.1) is 15.5 Å². The van der Waals surface area contributed by atoms with E-state index in [0.29, 0.717) is 16.4 Å². The molecule has 0 bridgehead atoms. The van der Waals surface area contributed by atoms with Crippen LogP contribution in [0.2, 0.25) is 0 Å². The summed E-state index contributed by atoms with van der Waals surface area (Å²) in [5, 5.41) is 13.8. The molecule has 7 heteroatoms. The number of nitrogens with one attached hydrogen (secondary N) is 1. The lowest BCUT2D eigenvalue weighted by atomic mass is 10.1. The van der Waals surface area contributed by atoms with Gasteiger partial charge in [0, 0.05) is 19.2 Å². The van der Waals surface area contributed by atoms with E-state index in [-0.39, 0.29) is 5.69 Å². The summed E-state index contributed by atoms with van der Waals surface area (Å²) >= 11 is 3.28. The van der Waals surface area contributed by atoms with Crippen molar-refractivity contribution in [3.8, 4) is 0 Å². The molecule has 0 aromatic carbocycles. The highest BCUT2D eigenvalue weighted by atomic mass is 79.9. The van der Waals surface area contributed by atoms with Gasteiger partial charge in [-0.15, -0.1) is 0 Å². The molecule has 1 saturated heterocycles. The maximum Gasteiger partial charge on any atom is 0.288 e. The lowest BCUT2D eigenvalue weighted by molar-refractivity contribution is -0.385. The summed E-state index contributed by atoms with van der Waals surface area (Å²) in [7, 11) is 0. The van der Waals surface area contributed by atoms with Crippen LogP contribution in [0.5, 0.6) is 0 Å². The largest absolute Gasteiger partial charge is 0.378 e. The maximum atomic E-state index is 10.6. The van der Waals surface area contributed by atoms with Crippen LogP contribution in [-0.4, -0.2) is 29.2 Å². The Morgan fingerprint density at radius 1 is 1.58 bits per heavy atom. The number of anilines is 1. The van der Waals surface area contributed by atoms with Crippen LogP contribution < -0.4 is 5.32 Å². The number of hydrogen-bond donors (Lipinski definition) is 1. The number of halogens is 1. The number of nitrogens with zero attached hydrogens (tertiary/aromatic N) is 2. The molecule has 1 aliphatic heterocycles. The predicted octanol–water partition coefficient (Wildman–Crippen LogP) is 3.12. The van der Waals surface area contributed by atoms with E-state index in [1.54, 1.807) is 0 Å². The fourth-order valence-corrected chi connectivity index (χ4v) is 2.52. The van der Waals surface area contributed by atoms with Crippen LogP contribution in [0.4, 0.5) is 11.5 Å². The molecule has 1 fully saturated rings. The second-order valence-corrected chi connectivity index (χ2v) is 5.34. The van der Waals surface area contributed by atoms with Crippen molar-refractivity contribution in [3.05, 3.63) is 26.9 Å². The summed E-state index contributed by atoms with van der Waals surface area (Å²) in [5.74, 6) is 0.626. The fraction of sp³-hybridized carbons (Fsp3) is 0.583. The zero-order chi connectivity index (χ0) is 13.7. The molecule has 0 saturated carbocycles. The predicted molar refractivity (Wildman–Crippen MR) is 75.3 cm³/mol. The van der Waals surface area contributed by atoms with Crippen molar-refractivity contribution < 1.29 is 9.66 Å². The maximum absolute atomic E-state index is 10.6. The average Bonchev–Trinajstić information content (AvgIpc) is 2.41. The molecule has 0 amide bonds. The van der Waals surface area contributed by atoms with Crippen molar-refractivity contribution in [1.82, 2.24) is 4.98 Å². The number of aromatic nitrogens is 1. The van der Waals surface area contributed by atoms with Gasteiger partial charge < -0.3 is 10.1 Å². The van der Waals surface area contributed by atoms with Crippen LogP contribution in [0.3, 0.4) is 0 Å². The first-order chi connectivity index (χ1) is 9.16. The topological polar surface area (TPSA) is 77.3 Å². The lowest BCUT2D eigenvalue weighted by Gasteiger charge is -2.22. The van der Waals surface area contributed by atoms with Crippen LogP contribution in [0, 0.1) is 10.1 Å². The van der Waals surface area contributed by atoms with E-state index in [9.17, 15) is 10.1 Å². The Balaban J connectivity index is 1.83. The Bertz CT molecular complexity index is 450. The first kappa shape index (κ1) is 14.2. The average molecular weight is 330 g/mol. The number of pyridine rings is 1. The van der Waals surface area contributed by atoms with Gasteiger partial charge in [0.2, 0.25) is 0 Å². The van der Waals surface area contributed by atoms with Crippen LogP contribution in [-0.2, 0) is 4.74 Å². The fourth-order valence-electron chi connectivity index (χ4n) is 2.04. The smallest absolute Gasteiger partial charge is 0.288 e. The number of hydrogen-bond acceptors (Lipinski definition) is 5. The highest BCUT2D eigenvalue weighted by Gasteiger charge is 2.14. The summed E-state index contributed by atoms with van der Waals surface area (Å²) in [6, 6.07) is 1.45. The normalized spacial score (nSPS) is 19.1. The minimum Gasteiger partial charge on any atom is -0.378 e. The Morgan fingerprint density at radius 3 is 3.05 bits per heavy atom. The van der Waals surface area contributed by atoms with E-state index in [4.69, 9.17) is 4.74 Å². The zero-order valence-electron chi connectivity index (χ0n) is 10.5. The molecule has 1 unspecified atom stereocenters. The van der Waals surface area contributed by atoms with E-state index in [1.165, 1.54) is 18.7 Å². The van der Waals surface area contributed by atoms with Crippen LogP contribution in [0.15, 0.2) is 16.7 Å². The van der Waals surface area contributed by atoms with Gasteiger partial charge in [0.25, 0.3) is 5.69 Å². The van der Waals surface area contributed by atoms with Gasteiger partial charge in [-0.25, -0.2) is 4.98 Å². The number of rotatable bonds is 5. The third-order valence-electron chi connectivity index (χ3n) is 3.07. The van der Waals surface area contributed by atoms with Crippen LogP contribution in [0.25, 0.3) is 0 Å². The van der Waals surface area contributed by atoms with Gasteiger partial charge in [0.15, 0.2) is 0 Å². The standard InChI is InChI=1S/C12H16BrN3O3/c13-11-7-9(16(17)18)8-15-12(11)14-5-4-10-3-1-2-6-19-10/h7-8,10H,1-6H2,(H,14,15). The van der Waals surface area contributed by atoms with Crippen molar-refractivity contribution in [2.24, 2.45) is 0 Å². The third-order valence-corrected chi connectivity index (χ3v) is 3.67. The Labute approximate surface area is 119 Å². The molecule has 0 aliphatic carbocycles. The highest BCUT2D eigenvalue weighted by Crippen LogP contribution is 2.24. The summed E-state index contributed by atoms with van der Waals surface area (Å²) in [6.45, 7) is 1.60. The second kappa shape index (κ2) is 6.81. The van der Waals surface area contributed by atoms with Gasteiger partial charge in [0.1, 0.15) is 12.0 Å². The van der Waals surface area contributed by atoms with E-state index < -0.39 is 4.92 Å². The Hall–Kier alpha value is -1.21. The van der Waals surface area contributed by atoms with Gasteiger partial charge in [-0.3, -0.25) is 10.1 Å². The van der Waals surface area contributed by atoms with E-state index >= 15 is 0 Å². The molecule has 0 radical (unpaired) electrons. The molecule has 19 heavy (non-hydrogen) atoms. The third kappa shape index (κ3) is 4.14. The molecular weight excluding hydrogens is 314 g/mol. The molecular formula is C12H16BrN3O3. The van der Waals surface area contributed by atoms with E-state index in [2.05, 4.69) is 26.2 Å². The molecule has 1 aromatic heterocycles. The molecule has 2 rings (SSSR count). The molecule has 6 nitrogen and oxygen atoms in total. The van der Waals surface area contributed by atoms with Crippen molar-refractivity contribution in [2.45, 2.75) is 31.8 Å². The van der Waals surface area contributed by atoms with Gasteiger partial charge in [-0.1, -0.05) is 0 Å². The molecule has 1 atom stereocenters. The van der Waals surface area contributed by atoms with Crippen molar-refractivity contribution in [3.63, 3.8) is 0 Å². The van der Waals surface area contributed by atoms with Crippen molar-refractivity contribution in [2.75, 3.05) is 18.5 Å². The van der Waals surface area contributed by atoms with Crippen molar-refractivity contribution in [1.29, 1.82) is 0 Å². The monoisotopic (exact) mass is 329 g/mol. The SMILES string of the molecule is O=[N+]([O-])c1cnc(NCCC2CCCCO2)c(Br)c1. The van der Waals surface area contributed by atoms with Gasteiger partial charge >= 0.3 is 0 Å². The van der Waals surface area contributed by atoms with Gasteiger partial charge in [-0.05, 0) is 41.6 Å². The van der Waals surface area contributed by atoms with E-state index in [1.807, 2.05) is 0 Å². The molecule has 1 N–H and O–H groups in total. The zero-order valence-corrected chi connectivity index (χ0v) is 12.1. The highest BCUT2D eigenvalue weighted by molar-refractivity contribution is 9.10. The quantitative estimate of drug-likeness (QED) is 0.663. The molecule has 104 valence electrons. The van der Waals surface area contributed by atoms with E-state index in [0.717, 1.165) is 32.4 Å². The Morgan fingerprint density at radius 2 is 2.42 bits per heavy atom. The van der Waals surface area contributed by atoms with Crippen LogP contribution in [0.1, 0.15) is 25.7 Å². The Kier molecular flexibility index (Phi) is 5.09. The molecule has 1 aliphatic rings. The summed E-state index contributed by atoms with van der Waals surface area (Å²) in [5.41, 5.74) is -0.0203. The summed E-state index contributed by atoms with van der Waals surface area (Å²) in [4.78, 5) is 14.2. The van der Waals surface area contributed by atoms with Gasteiger partial charge in [-0.2, -0.15) is 0 Å². The molecule has 1 aromatic rings. The number of nitro groups is 1. The van der Waals surface area contributed by atoms with Crippen molar-refractivity contribution >= 4 is 27.4 Å².